The van der Waals surface area contributed by atoms with Crippen LogP contribution in [0.3, 0.4) is 0 Å². The Morgan fingerprint density at radius 2 is 1.81 bits per heavy atom. The van der Waals surface area contributed by atoms with Gasteiger partial charge in [0.15, 0.2) is 0 Å². The van der Waals surface area contributed by atoms with Gasteiger partial charge >= 0.3 is 0 Å². The van der Waals surface area contributed by atoms with Crippen molar-refractivity contribution in [3.8, 4) is 0 Å². The number of nitrogens with zero attached hydrogens (tertiary/aromatic N) is 2. The molecule has 0 saturated carbocycles. The van der Waals surface area contributed by atoms with Gasteiger partial charge in [-0.1, -0.05) is 23.7 Å². The molecule has 0 fully saturated rings. The first-order chi connectivity index (χ1) is 14.7. The molecule has 4 rings (SSSR count). The van der Waals surface area contributed by atoms with Crippen LogP contribution in [0.5, 0.6) is 0 Å². The van der Waals surface area contributed by atoms with Crippen molar-refractivity contribution in [2.24, 2.45) is 0 Å². The molecule has 0 aliphatic rings. The molecule has 10 heteroatoms. The number of thiophene rings is 1. The number of anilines is 2. The second-order valence-electron chi connectivity index (χ2n) is 6.85. The maximum Gasteiger partial charge on any atom is 0.267 e. The maximum atomic E-state index is 12.7. The van der Waals surface area contributed by atoms with E-state index >= 15 is 0 Å². The minimum atomic E-state index is -3.86. The van der Waals surface area contributed by atoms with E-state index in [2.05, 4.69) is 20.0 Å². The van der Waals surface area contributed by atoms with E-state index in [0.29, 0.717) is 21.3 Å². The second-order valence-corrected chi connectivity index (χ2v) is 9.96. The van der Waals surface area contributed by atoms with Crippen molar-refractivity contribution in [2.45, 2.75) is 18.7 Å². The van der Waals surface area contributed by atoms with Crippen molar-refractivity contribution in [3.05, 3.63) is 75.9 Å². The molecule has 0 aliphatic carbocycles. The van der Waals surface area contributed by atoms with Crippen molar-refractivity contribution in [1.29, 1.82) is 0 Å². The van der Waals surface area contributed by atoms with Crippen LogP contribution in [0.15, 0.2) is 59.6 Å². The van der Waals surface area contributed by atoms with Crippen LogP contribution in [0.25, 0.3) is 10.1 Å². The van der Waals surface area contributed by atoms with E-state index in [1.54, 1.807) is 13.0 Å². The first kappa shape index (κ1) is 21.2. The van der Waals surface area contributed by atoms with Crippen molar-refractivity contribution >= 4 is 60.6 Å². The van der Waals surface area contributed by atoms with Crippen LogP contribution >= 0.6 is 22.9 Å². The summed E-state index contributed by atoms with van der Waals surface area (Å²) in [6, 6.07) is 13.3. The lowest BCUT2D eigenvalue weighted by molar-refractivity contribution is 0.103. The fourth-order valence-corrected chi connectivity index (χ4v) is 5.36. The van der Waals surface area contributed by atoms with Gasteiger partial charge in [0.2, 0.25) is 5.95 Å². The normalized spacial score (nSPS) is 11.5. The number of benzene rings is 2. The van der Waals surface area contributed by atoms with Crippen molar-refractivity contribution < 1.29 is 13.2 Å². The predicted octanol–water partition coefficient (Wildman–Crippen LogP) is 5.01. The summed E-state index contributed by atoms with van der Waals surface area (Å²) in [7, 11) is -3.86. The lowest BCUT2D eigenvalue weighted by Gasteiger charge is -2.08. The topological polar surface area (TPSA) is 101 Å². The third-order valence-corrected chi connectivity index (χ3v) is 7.43. The number of nitrogens with one attached hydrogen (secondary N) is 2. The smallest absolute Gasteiger partial charge is 0.267 e. The molecule has 158 valence electrons. The SMILES string of the molecule is Cc1ccc2c(Cl)c(C(=O)Nc3ccc(S(=O)(=O)Nc4nccc(C)n4)cc3)sc2c1. The van der Waals surface area contributed by atoms with Gasteiger partial charge in [0.1, 0.15) is 4.88 Å². The number of carbonyl (C=O) groups excluding carboxylic acids is 1. The number of hydrogen-bond donors (Lipinski definition) is 2. The van der Waals surface area contributed by atoms with Crippen LogP contribution in [0.2, 0.25) is 5.02 Å². The second kappa shape index (κ2) is 8.26. The molecular weight excluding hydrogens is 456 g/mol. The molecule has 0 spiro atoms. The number of halogens is 1. The van der Waals surface area contributed by atoms with Gasteiger partial charge < -0.3 is 5.32 Å². The maximum absolute atomic E-state index is 12.7. The summed E-state index contributed by atoms with van der Waals surface area (Å²) in [6.45, 7) is 3.71. The summed E-state index contributed by atoms with van der Waals surface area (Å²) in [5, 5.41) is 3.99. The summed E-state index contributed by atoms with van der Waals surface area (Å²) in [5.41, 5.74) is 2.17. The van der Waals surface area contributed by atoms with Crippen LogP contribution in [-0.4, -0.2) is 24.3 Å². The van der Waals surface area contributed by atoms with Crippen LogP contribution < -0.4 is 10.0 Å². The zero-order valence-corrected chi connectivity index (χ0v) is 18.9. The van der Waals surface area contributed by atoms with E-state index in [9.17, 15) is 13.2 Å². The van der Waals surface area contributed by atoms with E-state index in [0.717, 1.165) is 15.6 Å². The minimum absolute atomic E-state index is 0.00739. The fourth-order valence-electron chi connectivity index (χ4n) is 2.90. The number of amides is 1. The molecule has 0 radical (unpaired) electrons. The third kappa shape index (κ3) is 4.53. The molecule has 31 heavy (non-hydrogen) atoms. The Kier molecular flexibility index (Phi) is 5.65. The van der Waals surface area contributed by atoms with Crippen LogP contribution in [0.1, 0.15) is 20.9 Å². The van der Waals surface area contributed by atoms with Gasteiger partial charge in [0, 0.05) is 27.7 Å². The fraction of sp³-hybridized carbons (Fsp3) is 0.0952. The summed E-state index contributed by atoms with van der Waals surface area (Å²) in [5.74, 6) is -0.363. The minimum Gasteiger partial charge on any atom is -0.321 e. The molecule has 0 saturated heterocycles. The van der Waals surface area contributed by atoms with Crippen molar-refractivity contribution in [1.82, 2.24) is 9.97 Å². The van der Waals surface area contributed by atoms with Crippen molar-refractivity contribution in [3.63, 3.8) is 0 Å². The number of aromatic nitrogens is 2. The molecule has 2 heterocycles. The molecule has 0 unspecified atom stereocenters. The van der Waals surface area contributed by atoms with Gasteiger partial charge in [0.05, 0.1) is 9.92 Å². The highest BCUT2D eigenvalue weighted by Crippen LogP contribution is 2.36. The highest BCUT2D eigenvalue weighted by Gasteiger charge is 2.19. The highest BCUT2D eigenvalue weighted by molar-refractivity contribution is 7.92. The third-order valence-electron chi connectivity index (χ3n) is 4.43. The summed E-state index contributed by atoms with van der Waals surface area (Å²) in [4.78, 5) is 21.1. The quantitative estimate of drug-likeness (QED) is 0.425. The Morgan fingerprint density at radius 3 is 2.52 bits per heavy atom. The first-order valence-electron chi connectivity index (χ1n) is 9.15. The monoisotopic (exact) mass is 472 g/mol. The Hall–Kier alpha value is -3.01. The summed E-state index contributed by atoms with van der Waals surface area (Å²) >= 11 is 7.71. The number of fused-ring (bicyclic) bond motifs is 1. The molecule has 2 aromatic carbocycles. The Bertz CT molecular complexity index is 1400. The molecule has 4 aromatic rings. The van der Waals surface area contributed by atoms with E-state index < -0.39 is 10.0 Å². The Balaban J connectivity index is 1.52. The molecule has 0 aliphatic heterocycles. The number of hydrogen-bond acceptors (Lipinski definition) is 6. The molecule has 0 atom stereocenters. The Labute approximate surface area is 188 Å². The Morgan fingerprint density at radius 1 is 1.06 bits per heavy atom. The lowest BCUT2D eigenvalue weighted by atomic mass is 10.2. The standard InChI is InChI=1S/C21H17ClN4O3S2/c1-12-3-8-16-17(11-12)30-19(18(16)22)20(27)25-14-4-6-15(7-5-14)31(28,29)26-21-23-10-9-13(2)24-21/h3-11H,1-2H3,(H,25,27)(H,23,24,26). The van der Waals surface area contributed by atoms with Gasteiger partial charge in [0.25, 0.3) is 15.9 Å². The highest BCUT2D eigenvalue weighted by atomic mass is 35.5. The van der Waals surface area contributed by atoms with E-state index in [4.69, 9.17) is 11.6 Å². The molecule has 2 N–H and O–H groups in total. The molecule has 0 bridgehead atoms. The van der Waals surface area contributed by atoms with Gasteiger partial charge in [-0.3, -0.25) is 4.79 Å². The van der Waals surface area contributed by atoms with Crippen LogP contribution in [0, 0.1) is 13.8 Å². The van der Waals surface area contributed by atoms with Gasteiger partial charge in [-0.2, -0.15) is 0 Å². The molecular formula is C21H17ClN4O3S2. The number of sulfonamides is 1. The zero-order valence-electron chi connectivity index (χ0n) is 16.5. The zero-order chi connectivity index (χ0) is 22.2. The van der Waals surface area contributed by atoms with E-state index in [-0.39, 0.29) is 16.8 Å². The van der Waals surface area contributed by atoms with Crippen molar-refractivity contribution in [2.75, 3.05) is 10.0 Å². The largest absolute Gasteiger partial charge is 0.321 e. The van der Waals surface area contributed by atoms with Crippen LogP contribution in [0.4, 0.5) is 11.6 Å². The summed E-state index contributed by atoms with van der Waals surface area (Å²) in [6.07, 6.45) is 1.47. The number of aryl methyl sites for hydroxylation is 2. The average molecular weight is 473 g/mol. The average Bonchev–Trinajstić information content (AvgIpc) is 3.04. The van der Waals surface area contributed by atoms with E-state index in [1.807, 2.05) is 25.1 Å². The molecule has 2 aromatic heterocycles. The predicted molar refractivity (Wildman–Crippen MR) is 124 cm³/mol. The first-order valence-corrected chi connectivity index (χ1v) is 11.8. The van der Waals surface area contributed by atoms with Gasteiger partial charge in [-0.25, -0.2) is 23.1 Å². The number of rotatable bonds is 5. The van der Waals surface area contributed by atoms with Gasteiger partial charge in [-0.05, 0) is 55.8 Å². The van der Waals surface area contributed by atoms with Crippen LogP contribution in [-0.2, 0) is 10.0 Å². The van der Waals surface area contributed by atoms with E-state index in [1.165, 1.54) is 41.8 Å². The molecule has 7 nitrogen and oxygen atoms in total. The van der Waals surface area contributed by atoms with Gasteiger partial charge in [-0.15, -0.1) is 11.3 Å². The lowest BCUT2D eigenvalue weighted by Crippen LogP contribution is -2.15. The number of carbonyl (C=O) groups is 1. The summed E-state index contributed by atoms with van der Waals surface area (Å²) < 4.78 is 28.4. The molecule has 1 amide bonds.